The molecule has 1 aliphatic rings. The number of piperidine rings is 1. The summed E-state index contributed by atoms with van der Waals surface area (Å²) in [6, 6.07) is 0.645. The van der Waals surface area contributed by atoms with Gasteiger partial charge in [-0.25, -0.2) is 0 Å². The summed E-state index contributed by atoms with van der Waals surface area (Å²) in [6.07, 6.45) is 1.06. The average molecular weight is 172 g/mol. The maximum Gasteiger partial charge on any atom is 0.0584 e. The SMILES string of the molecule is CC1CN(C(C)CO)CCC1N. The number of nitrogens with two attached hydrogens (primary N) is 1. The van der Waals surface area contributed by atoms with Crippen LogP contribution in [0.25, 0.3) is 0 Å². The summed E-state index contributed by atoms with van der Waals surface area (Å²) in [5, 5.41) is 8.97. The smallest absolute Gasteiger partial charge is 0.0584 e. The van der Waals surface area contributed by atoms with Crippen LogP contribution in [-0.4, -0.2) is 41.8 Å². The number of hydrogen-bond acceptors (Lipinski definition) is 3. The number of likely N-dealkylation sites (tertiary alicyclic amines) is 1. The molecule has 12 heavy (non-hydrogen) atoms. The zero-order valence-electron chi connectivity index (χ0n) is 8.03. The highest BCUT2D eigenvalue weighted by Crippen LogP contribution is 2.16. The van der Waals surface area contributed by atoms with E-state index in [2.05, 4.69) is 18.7 Å². The summed E-state index contributed by atoms with van der Waals surface area (Å²) in [5.41, 5.74) is 5.89. The zero-order valence-corrected chi connectivity index (χ0v) is 8.03. The predicted octanol–water partition coefficient (Wildman–Crippen LogP) is 0.0363. The normalized spacial score (nSPS) is 35.0. The molecule has 0 spiro atoms. The van der Waals surface area contributed by atoms with Crippen molar-refractivity contribution in [2.24, 2.45) is 11.7 Å². The van der Waals surface area contributed by atoms with Gasteiger partial charge in [0.1, 0.15) is 0 Å². The monoisotopic (exact) mass is 172 g/mol. The van der Waals surface area contributed by atoms with Crippen LogP contribution >= 0.6 is 0 Å². The molecule has 1 saturated heterocycles. The minimum atomic E-state index is 0.252. The molecule has 3 heteroatoms. The van der Waals surface area contributed by atoms with Crippen molar-refractivity contribution in [3.8, 4) is 0 Å². The van der Waals surface area contributed by atoms with Gasteiger partial charge in [-0.3, -0.25) is 4.90 Å². The van der Waals surface area contributed by atoms with E-state index in [1.54, 1.807) is 0 Å². The van der Waals surface area contributed by atoms with Crippen LogP contribution in [0.4, 0.5) is 0 Å². The van der Waals surface area contributed by atoms with Crippen molar-refractivity contribution < 1.29 is 5.11 Å². The van der Waals surface area contributed by atoms with E-state index in [9.17, 15) is 0 Å². The Balaban J connectivity index is 2.39. The molecule has 0 bridgehead atoms. The average Bonchev–Trinajstić information content (AvgIpc) is 2.08. The van der Waals surface area contributed by atoms with Gasteiger partial charge in [-0.15, -0.1) is 0 Å². The molecule has 0 amide bonds. The van der Waals surface area contributed by atoms with Crippen LogP contribution in [0.3, 0.4) is 0 Å². The molecule has 0 aliphatic carbocycles. The van der Waals surface area contributed by atoms with Crippen LogP contribution in [0.1, 0.15) is 20.3 Å². The Morgan fingerprint density at radius 2 is 2.33 bits per heavy atom. The molecule has 1 heterocycles. The summed E-state index contributed by atoms with van der Waals surface area (Å²) in [4.78, 5) is 2.31. The first kappa shape index (κ1) is 9.96. The molecule has 1 rings (SSSR count). The van der Waals surface area contributed by atoms with Crippen molar-refractivity contribution in [2.45, 2.75) is 32.4 Å². The van der Waals surface area contributed by atoms with Crippen LogP contribution in [0, 0.1) is 5.92 Å². The third-order valence-electron chi connectivity index (χ3n) is 2.89. The van der Waals surface area contributed by atoms with Crippen LogP contribution in [0.5, 0.6) is 0 Å². The molecule has 1 fully saturated rings. The molecule has 0 saturated carbocycles. The van der Waals surface area contributed by atoms with Gasteiger partial charge in [-0.2, -0.15) is 0 Å². The Hall–Kier alpha value is -0.120. The Kier molecular flexibility index (Phi) is 3.50. The van der Waals surface area contributed by atoms with Crippen molar-refractivity contribution in [1.29, 1.82) is 0 Å². The number of hydrogen-bond donors (Lipinski definition) is 2. The van der Waals surface area contributed by atoms with Crippen molar-refractivity contribution in [3.05, 3.63) is 0 Å². The first-order valence-electron chi connectivity index (χ1n) is 4.75. The molecular formula is C9H20N2O. The first-order chi connectivity index (χ1) is 5.65. The summed E-state index contributed by atoms with van der Waals surface area (Å²) in [7, 11) is 0. The summed E-state index contributed by atoms with van der Waals surface area (Å²) < 4.78 is 0. The van der Waals surface area contributed by atoms with Crippen LogP contribution < -0.4 is 5.73 Å². The molecule has 72 valence electrons. The second kappa shape index (κ2) is 4.21. The fraction of sp³-hybridized carbons (Fsp3) is 1.00. The van der Waals surface area contributed by atoms with Gasteiger partial charge in [0.2, 0.25) is 0 Å². The lowest BCUT2D eigenvalue weighted by Crippen LogP contribution is -2.49. The minimum absolute atomic E-state index is 0.252. The highest BCUT2D eigenvalue weighted by atomic mass is 16.3. The summed E-state index contributed by atoms with van der Waals surface area (Å²) in [5.74, 6) is 0.563. The van der Waals surface area contributed by atoms with Crippen molar-refractivity contribution in [1.82, 2.24) is 4.90 Å². The van der Waals surface area contributed by atoms with E-state index in [1.165, 1.54) is 0 Å². The maximum atomic E-state index is 8.97. The lowest BCUT2D eigenvalue weighted by molar-refractivity contribution is 0.0850. The van der Waals surface area contributed by atoms with E-state index in [0.717, 1.165) is 19.5 Å². The lowest BCUT2D eigenvalue weighted by Gasteiger charge is -2.38. The number of nitrogens with zero attached hydrogens (tertiary/aromatic N) is 1. The third-order valence-corrected chi connectivity index (χ3v) is 2.89. The standard InChI is InChI=1S/C9H20N2O/c1-7-5-11(8(2)6-12)4-3-9(7)10/h7-9,12H,3-6,10H2,1-2H3. The summed E-state index contributed by atoms with van der Waals surface area (Å²) >= 11 is 0. The zero-order chi connectivity index (χ0) is 9.14. The topological polar surface area (TPSA) is 49.5 Å². The molecule has 1 aliphatic heterocycles. The number of aliphatic hydroxyl groups is 1. The molecule has 3 unspecified atom stereocenters. The van der Waals surface area contributed by atoms with E-state index in [0.29, 0.717) is 18.0 Å². The van der Waals surface area contributed by atoms with Gasteiger partial charge in [0.25, 0.3) is 0 Å². The molecule has 3 atom stereocenters. The van der Waals surface area contributed by atoms with E-state index in [-0.39, 0.29) is 6.61 Å². The fourth-order valence-corrected chi connectivity index (χ4v) is 1.71. The predicted molar refractivity (Wildman–Crippen MR) is 49.9 cm³/mol. The second-order valence-corrected chi connectivity index (χ2v) is 3.96. The molecule has 0 aromatic heterocycles. The Morgan fingerprint density at radius 1 is 1.67 bits per heavy atom. The van der Waals surface area contributed by atoms with Gasteiger partial charge in [-0.05, 0) is 19.3 Å². The minimum Gasteiger partial charge on any atom is -0.395 e. The van der Waals surface area contributed by atoms with E-state index in [1.807, 2.05) is 0 Å². The second-order valence-electron chi connectivity index (χ2n) is 3.96. The summed E-state index contributed by atoms with van der Waals surface area (Å²) in [6.45, 7) is 6.56. The van der Waals surface area contributed by atoms with E-state index >= 15 is 0 Å². The molecule has 0 radical (unpaired) electrons. The molecule has 3 N–H and O–H groups in total. The van der Waals surface area contributed by atoms with Gasteiger partial charge in [-0.1, -0.05) is 6.92 Å². The van der Waals surface area contributed by atoms with Gasteiger partial charge in [0, 0.05) is 25.2 Å². The molecule has 0 aromatic carbocycles. The third kappa shape index (κ3) is 2.19. The van der Waals surface area contributed by atoms with Crippen molar-refractivity contribution >= 4 is 0 Å². The highest BCUT2D eigenvalue weighted by molar-refractivity contribution is 4.82. The lowest BCUT2D eigenvalue weighted by atomic mass is 9.94. The Bertz CT molecular complexity index is 140. The number of aliphatic hydroxyl groups excluding tert-OH is 1. The molecular weight excluding hydrogens is 152 g/mol. The first-order valence-corrected chi connectivity index (χ1v) is 4.75. The Labute approximate surface area is 74.5 Å². The Morgan fingerprint density at radius 3 is 2.83 bits per heavy atom. The van der Waals surface area contributed by atoms with Crippen molar-refractivity contribution in [2.75, 3.05) is 19.7 Å². The van der Waals surface area contributed by atoms with Gasteiger partial charge >= 0.3 is 0 Å². The van der Waals surface area contributed by atoms with Crippen LogP contribution in [-0.2, 0) is 0 Å². The van der Waals surface area contributed by atoms with Crippen molar-refractivity contribution in [3.63, 3.8) is 0 Å². The van der Waals surface area contributed by atoms with Gasteiger partial charge in [0.15, 0.2) is 0 Å². The molecule has 3 nitrogen and oxygen atoms in total. The van der Waals surface area contributed by atoms with Crippen LogP contribution in [0.2, 0.25) is 0 Å². The van der Waals surface area contributed by atoms with Crippen LogP contribution in [0.15, 0.2) is 0 Å². The van der Waals surface area contributed by atoms with Gasteiger partial charge < -0.3 is 10.8 Å². The molecule has 0 aromatic rings. The maximum absolute atomic E-state index is 8.97. The quantitative estimate of drug-likeness (QED) is 0.618. The number of rotatable bonds is 2. The van der Waals surface area contributed by atoms with Gasteiger partial charge in [0.05, 0.1) is 6.61 Å². The highest BCUT2D eigenvalue weighted by Gasteiger charge is 2.25. The van der Waals surface area contributed by atoms with E-state index < -0.39 is 0 Å². The largest absolute Gasteiger partial charge is 0.395 e. The van der Waals surface area contributed by atoms with E-state index in [4.69, 9.17) is 10.8 Å². The fourth-order valence-electron chi connectivity index (χ4n) is 1.71.